The van der Waals surface area contributed by atoms with E-state index in [1.54, 1.807) is 0 Å². The minimum absolute atomic E-state index is 0.153. The van der Waals surface area contributed by atoms with Crippen LogP contribution in [-0.2, 0) is 0 Å². The molecule has 0 aliphatic heterocycles. The molecular formula is C12H22OS. The molecule has 0 bridgehead atoms. The molecule has 1 nitrogen and oxygen atoms in total. The first-order chi connectivity index (χ1) is 6.84. The molecule has 0 amide bonds. The maximum Gasteiger partial charge on any atom is 0.0750 e. The molecule has 14 heavy (non-hydrogen) atoms. The summed E-state index contributed by atoms with van der Waals surface area (Å²) in [5, 5.41) is 9.95. The fourth-order valence-corrected chi connectivity index (χ4v) is 2.40. The van der Waals surface area contributed by atoms with Crippen LogP contribution in [0.5, 0.6) is 0 Å². The molecule has 0 radical (unpaired) electrons. The van der Waals surface area contributed by atoms with E-state index in [1.807, 2.05) is 11.8 Å². The van der Waals surface area contributed by atoms with Gasteiger partial charge in [0.25, 0.3) is 0 Å². The van der Waals surface area contributed by atoms with Gasteiger partial charge in [0.05, 0.1) is 6.10 Å². The molecule has 0 heterocycles. The second-order valence-electron chi connectivity index (χ2n) is 4.03. The fraction of sp³-hybridized carbons (Fsp3) is 0.833. The Morgan fingerprint density at radius 2 is 2.29 bits per heavy atom. The van der Waals surface area contributed by atoms with Gasteiger partial charge in [-0.3, -0.25) is 0 Å². The Balaban J connectivity index is 2.26. The second-order valence-corrected chi connectivity index (χ2v) is 5.01. The Morgan fingerprint density at radius 3 is 3.07 bits per heavy atom. The quantitative estimate of drug-likeness (QED) is 0.559. The highest BCUT2D eigenvalue weighted by molar-refractivity contribution is 7.98. The molecule has 0 aromatic rings. The summed E-state index contributed by atoms with van der Waals surface area (Å²) >= 11 is 1.86. The molecule has 0 spiro atoms. The van der Waals surface area contributed by atoms with Crippen LogP contribution >= 0.6 is 11.8 Å². The zero-order chi connectivity index (χ0) is 10.2. The van der Waals surface area contributed by atoms with Gasteiger partial charge in [-0.15, -0.1) is 0 Å². The van der Waals surface area contributed by atoms with E-state index in [2.05, 4.69) is 12.3 Å². The van der Waals surface area contributed by atoms with Gasteiger partial charge in [-0.1, -0.05) is 12.5 Å². The van der Waals surface area contributed by atoms with Crippen LogP contribution in [0, 0.1) is 0 Å². The van der Waals surface area contributed by atoms with Gasteiger partial charge in [0, 0.05) is 0 Å². The maximum atomic E-state index is 9.95. The van der Waals surface area contributed by atoms with Gasteiger partial charge in [-0.2, -0.15) is 11.8 Å². The average Bonchev–Trinajstić information content (AvgIpc) is 2.46. The zero-order valence-corrected chi connectivity index (χ0v) is 9.98. The van der Waals surface area contributed by atoms with Gasteiger partial charge in [0.15, 0.2) is 0 Å². The summed E-state index contributed by atoms with van der Waals surface area (Å²) in [6.07, 6.45) is 12.5. The highest BCUT2D eigenvalue weighted by Gasteiger charge is 2.11. The molecule has 1 aliphatic carbocycles. The molecule has 0 fully saturated rings. The second kappa shape index (κ2) is 7.36. The van der Waals surface area contributed by atoms with Gasteiger partial charge in [-0.25, -0.2) is 0 Å². The Labute approximate surface area is 92.0 Å². The van der Waals surface area contributed by atoms with Crippen LogP contribution in [0.15, 0.2) is 11.6 Å². The number of allylic oxidation sites excluding steroid dienone is 1. The summed E-state index contributed by atoms with van der Waals surface area (Å²) < 4.78 is 0. The molecule has 1 unspecified atom stereocenters. The fourth-order valence-electron chi connectivity index (χ4n) is 1.95. The highest BCUT2D eigenvalue weighted by Crippen LogP contribution is 2.22. The van der Waals surface area contributed by atoms with Crippen LogP contribution in [0.2, 0.25) is 0 Å². The van der Waals surface area contributed by atoms with Gasteiger partial charge < -0.3 is 5.11 Å². The summed E-state index contributed by atoms with van der Waals surface area (Å²) in [5.74, 6) is 1.17. The van der Waals surface area contributed by atoms with Crippen molar-refractivity contribution >= 4 is 11.8 Å². The van der Waals surface area contributed by atoms with Crippen LogP contribution in [0.1, 0.15) is 44.9 Å². The van der Waals surface area contributed by atoms with Crippen LogP contribution in [-0.4, -0.2) is 23.2 Å². The molecule has 1 rings (SSSR count). The Bertz CT molecular complexity index is 177. The van der Waals surface area contributed by atoms with Gasteiger partial charge >= 0.3 is 0 Å². The first-order valence-electron chi connectivity index (χ1n) is 5.70. The van der Waals surface area contributed by atoms with E-state index in [4.69, 9.17) is 0 Å². The van der Waals surface area contributed by atoms with Crippen molar-refractivity contribution in [3.05, 3.63) is 11.6 Å². The number of rotatable bonds is 5. The lowest BCUT2D eigenvalue weighted by atomic mass is 10.0. The van der Waals surface area contributed by atoms with Crippen LogP contribution in [0.4, 0.5) is 0 Å². The lowest BCUT2D eigenvalue weighted by molar-refractivity contribution is 0.195. The van der Waals surface area contributed by atoms with Crippen LogP contribution < -0.4 is 0 Å². The van der Waals surface area contributed by atoms with Crippen molar-refractivity contribution in [1.82, 2.24) is 0 Å². The summed E-state index contributed by atoms with van der Waals surface area (Å²) in [6, 6.07) is 0. The SMILES string of the molecule is CSCCCC(O)C1=CCCCCC1. The third-order valence-corrected chi connectivity index (χ3v) is 3.53. The Hall–Kier alpha value is 0.0500. The molecule has 1 aliphatic rings. The number of aliphatic hydroxyl groups excluding tert-OH is 1. The monoisotopic (exact) mass is 214 g/mol. The van der Waals surface area contributed by atoms with Crippen molar-refractivity contribution in [2.75, 3.05) is 12.0 Å². The minimum Gasteiger partial charge on any atom is -0.389 e. The third kappa shape index (κ3) is 4.52. The number of thioether (sulfide) groups is 1. The highest BCUT2D eigenvalue weighted by atomic mass is 32.2. The molecular weight excluding hydrogens is 192 g/mol. The normalized spacial score (nSPS) is 20.0. The van der Waals surface area contributed by atoms with E-state index >= 15 is 0 Å². The molecule has 0 saturated carbocycles. The predicted molar refractivity (Wildman–Crippen MR) is 64.8 cm³/mol. The van der Waals surface area contributed by atoms with E-state index in [0.717, 1.165) is 19.3 Å². The lowest BCUT2D eigenvalue weighted by Crippen LogP contribution is -2.10. The van der Waals surface area contributed by atoms with Crippen molar-refractivity contribution < 1.29 is 5.11 Å². The molecule has 0 aromatic heterocycles. The van der Waals surface area contributed by atoms with Gasteiger partial charge in [0.2, 0.25) is 0 Å². The Morgan fingerprint density at radius 1 is 1.43 bits per heavy atom. The standard InChI is InChI=1S/C12H22OS/c1-14-10-6-9-12(13)11-7-4-2-3-5-8-11/h7,12-13H,2-6,8-10H2,1H3. The molecule has 2 heteroatoms. The molecule has 82 valence electrons. The van der Waals surface area contributed by atoms with Crippen LogP contribution in [0.25, 0.3) is 0 Å². The van der Waals surface area contributed by atoms with E-state index in [1.165, 1.54) is 37.0 Å². The van der Waals surface area contributed by atoms with Crippen molar-refractivity contribution in [1.29, 1.82) is 0 Å². The maximum absolute atomic E-state index is 9.95. The zero-order valence-electron chi connectivity index (χ0n) is 9.17. The number of aliphatic hydroxyl groups is 1. The van der Waals surface area contributed by atoms with E-state index in [0.29, 0.717) is 0 Å². The Kier molecular flexibility index (Phi) is 6.37. The number of hydrogen-bond donors (Lipinski definition) is 1. The smallest absolute Gasteiger partial charge is 0.0750 e. The van der Waals surface area contributed by atoms with Crippen molar-refractivity contribution in [2.45, 2.75) is 51.0 Å². The first-order valence-corrected chi connectivity index (χ1v) is 7.10. The lowest BCUT2D eigenvalue weighted by Gasteiger charge is -2.13. The molecule has 0 aromatic carbocycles. The summed E-state index contributed by atoms with van der Waals surface area (Å²) in [7, 11) is 0. The van der Waals surface area contributed by atoms with Crippen molar-refractivity contribution in [3.8, 4) is 0 Å². The first kappa shape index (κ1) is 12.1. The largest absolute Gasteiger partial charge is 0.389 e. The van der Waals surface area contributed by atoms with E-state index in [9.17, 15) is 5.11 Å². The summed E-state index contributed by atoms with van der Waals surface area (Å²) in [6.45, 7) is 0. The summed E-state index contributed by atoms with van der Waals surface area (Å²) in [5.41, 5.74) is 1.31. The topological polar surface area (TPSA) is 20.2 Å². The predicted octanol–water partition coefficient (Wildman–Crippen LogP) is 3.38. The average molecular weight is 214 g/mol. The van der Waals surface area contributed by atoms with Crippen molar-refractivity contribution in [3.63, 3.8) is 0 Å². The van der Waals surface area contributed by atoms with Crippen molar-refractivity contribution in [2.24, 2.45) is 0 Å². The molecule has 1 atom stereocenters. The van der Waals surface area contributed by atoms with Gasteiger partial charge in [0.1, 0.15) is 0 Å². The van der Waals surface area contributed by atoms with Crippen LogP contribution in [0.3, 0.4) is 0 Å². The molecule has 0 saturated heterocycles. The summed E-state index contributed by atoms with van der Waals surface area (Å²) in [4.78, 5) is 0. The van der Waals surface area contributed by atoms with E-state index < -0.39 is 0 Å². The number of hydrogen-bond acceptors (Lipinski definition) is 2. The third-order valence-electron chi connectivity index (χ3n) is 2.83. The minimum atomic E-state index is -0.153. The van der Waals surface area contributed by atoms with E-state index in [-0.39, 0.29) is 6.10 Å². The molecule has 1 N–H and O–H groups in total. The van der Waals surface area contributed by atoms with Gasteiger partial charge in [-0.05, 0) is 56.1 Å².